The second kappa shape index (κ2) is 6.33. The zero-order valence-corrected chi connectivity index (χ0v) is 13.9. The van der Waals surface area contributed by atoms with E-state index in [0.717, 1.165) is 10.6 Å². The Morgan fingerprint density at radius 3 is 3.04 bits per heavy atom. The van der Waals surface area contributed by atoms with Gasteiger partial charge in [-0.15, -0.1) is 11.3 Å². The Morgan fingerprint density at radius 1 is 1.38 bits per heavy atom. The summed E-state index contributed by atoms with van der Waals surface area (Å²) in [6, 6.07) is 7.51. The summed E-state index contributed by atoms with van der Waals surface area (Å²) in [6.45, 7) is 2.14. The summed E-state index contributed by atoms with van der Waals surface area (Å²) in [6.07, 6.45) is 1.57. The van der Waals surface area contributed by atoms with Gasteiger partial charge in [-0.25, -0.2) is 4.98 Å². The van der Waals surface area contributed by atoms with Crippen molar-refractivity contribution >= 4 is 23.2 Å². The van der Waals surface area contributed by atoms with E-state index in [0.29, 0.717) is 31.8 Å². The van der Waals surface area contributed by atoms with Gasteiger partial charge in [-0.1, -0.05) is 18.2 Å². The lowest BCUT2D eigenvalue weighted by Gasteiger charge is -2.33. The number of morpholine rings is 1. The number of hydrogen-bond donors (Lipinski definition) is 0. The summed E-state index contributed by atoms with van der Waals surface area (Å²) >= 11 is 1.53. The van der Waals surface area contributed by atoms with E-state index >= 15 is 0 Å². The van der Waals surface area contributed by atoms with Crippen LogP contribution in [0.4, 0.5) is 0 Å². The fraction of sp³-hybridized carbons (Fsp3) is 0.353. The molecule has 2 aromatic rings. The number of carbonyl (C=O) groups excluding carboxylic acids is 2. The predicted octanol–water partition coefficient (Wildman–Crippen LogP) is 1.70. The summed E-state index contributed by atoms with van der Waals surface area (Å²) < 4.78 is 5.72. The number of amides is 2. The normalized spacial score (nSPS) is 20.3. The SMILES string of the molecule is O=C(CN1Cc2ccccc2C1=O)N1CCOC(c2nccs2)C1. The minimum absolute atomic E-state index is 0.0407. The Bertz CT molecular complexity index is 762. The third kappa shape index (κ3) is 2.81. The molecule has 2 aliphatic heterocycles. The molecule has 2 aliphatic rings. The van der Waals surface area contributed by atoms with Crippen LogP contribution in [0.5, 0.6) is 0 Å². The van der Waals surface area contributed by atoms with Crippen molar-refractivity contribution in [2.45, 2.75) is 12.6 Å². The monoisotopic (exact) mass is 343 g/mol. The molecule has 4 rings (SSSR count). The van der Waals surface area contributed by atoms with E-state index in [1.807, 2.05) is 29.6 Å². The predicted molar refractivity (Wildman–Crippen MR) is 88.6 cm³/mol. The molecular formula is C17H17N3O3S. The van der Waals surface area contributed by atoms with Crippen molar-refractivity contribution in [3.63, 3.8) is 0 Å². The third-order valence-electron chi connectivity index (χ3n) is 4.37. The summed E-state index contributed by atoms with van der Waals surface area (Å²) in [7, 11) is 0. The molecule has 0 bridgehead atoms. The molecular weight excluding hydrogens is 326 g/mol. The van der Waals surface area contributed by atoms with E-state index in [1.165, 1.54) is 11.3 Å². The van der Waals surface area contributed by atoms with Crippen molar-refractivity contribution in [3.8, 4) is 0 Å². The zero-order chi connectivity index (χ0) is 16.5. The van der Waals surface area contributed by atoms with E-state index in [2.05, 4.69) is 4.98 Å². The van der Waals surface area contributed by atoms with Gasteiger partial charge in [0.1, 0.15) is 17.7 Å². The third-order valence-corrected chi connectivity index (χ3v) is 5.24. The maximum atomic E-state index is 12.6. The van der Waals surface area contributed by atoms with E-state index in [9.17, 15) is 9.59 Å². The first kappa shape index (κ1) is 15.3. The van der Waals surface area contributed by atoms with E-state index in [1.54, 1.807) is 16.0 Å². The number of ether oxygens (including phenoxy) is 1. The number of benzene rings is 1. The molecule has 0 spiro atoms. The molecule has 1 saturated heterocycles. The first-order valence-corrected chi connectivity index (χ1v) is 8.76. The molecule has 1 aromatic carbocycles. The summed E-state index contributed by atoms with van der Waals surface area (Å²) in [5, 5.41) is 2.79. The molecule has 124 valence electrons. The molecule has 0 saturated carbocycles. The molecule has 0 aliphatic carbocycles. The first-order chi connectivity index (χ1) is 11.7. The van der Waals surface area contributed by atoms with E-state index in [4.69, 9.17) is 4.74 Å². The number of rotatable bonds is 3. The highest BCUT2D eigenvalue weighted by molar-refractivity contribution is 7.09. The smallest absolute Gasteiger partial charge is 0.254 e. The van der Waals surface area contributed by atoms with Crippen LogP contribution in [0, 0.1) is 0 Å². The summed E-state index contributed by atoms with van der Waals surface area (Å²) in [5.41, 5.74) is 1.69. The highest BCUT2D eigenvalue weighted by Gasteiger charge is 2.32. The van der Waals surface area contributed by atoms with Crippen molar-refractivity contribution in [2.75, 3.05) is 26.2 Å². The van der Waals surface area contributed by atoms with Gasteiger partial charge in [-0.05, 0) is 11.6 Å². The fourth-order valence-electron chi connectivity index (χ4n) is 3.12. The van der Waals surface area contributed by atoms with Crippen LogP contribution in [0.3, 0.4) is 0 Å². The molecule has 7 heteroatoms. The van der Waals surface area contributed by atoms with Crippen LogP contribution in [-0.2, 0) is 16.1 Å². The lowest BCUT2D eigenvalue weighted by atomic mass is 10.1. The Balaban J connectivity index is 1.41. The fourth-order valence-corrected chi connectivity index (χ4v) is 3.80. The molecule has 1 aromatic heterocycles. The van der Waals surface area contributed by atoms with Gasteiger partial charge in [0, 0.05) is 30.2 Å². The maximum Gasteiger partial charge on any atom is 0.254 e. The van der Waals surface area contributed by atoms with E-state index < -0.39 is 0 Å². The van der Waals surface area contributed by atoms with Gasteiger partial charge in [0.25, 0.3) is 5.91 Å². The van der Waals surface area contributed by atoms with Crippen LogP contribution in [0.1, 0.15) is 27.0 Å². The highest BCUT2D eigenvalue weighted by atomic mass is 32.1. The lowest BCUT2D eigenvalue weighted by Crippen LogP contribution is -2.46. The molecule has 6 nitrogen and oxygen atoms in total. The number of carbonyl (C=O) groups is 2. The largest absolute Gasteiger partial charge is 0.367 e. The molecule has 1 unspecified atom stereocenters. The quantitative estimate of drug-likeness (QED) is 0.851. The second-order valence-corrected chi connectivity index (χ2v) is 6.81. The molecule has 1 atom stereocenters. The van der Waals surface area contributed by atoms with Crippen molar-refractivity contribution in [3.05, 3.63) is 52.0 Å². The van der Waals surface area contributed by atoms with Crippen LogP contribution in [-0.4, -0.2) is 52.8 Å². The Labute approximate surface area is 143 Å². The molecule has 0 radical (unpaired) electrons. The molecule has 1 fully saturated rings. The summed E-state index contributed by atoms with van der Waals surface area (Å²) in [4.78, 5) is 32.7. The van der Waals surface area contributed by atoms with Crippen LogP contribution < -0.4 is 0 Å². The number of aromatic nitrogens is 1. The van der Waals surface area contributed by atoms with Crippen LogP contribution in [0.2, 0.25) is 0 Å². The van der Waals surface area contributed by atoms with Gasteiger partial charge in [-0.2, -0.15) is 0 Å². The minimum atomic E-state index is -0.172. The van der Waals surface area contributed by atoms with Gasteiger partial charge in [0.2, 0.25) is 5.91 Å². The Hall–Kier alpha value is -2.25. The number of fused-ring (bicyclic) bond motifs is 1. The van der Waals surface area contributed by atoms with E-state index in [-0.39, 0.29) is 24.5 Å². The highest BCUT2D eigenvalue weighted by Crippen LogP contribution is 2.25. The van der Waals surface area contributed by atoms with Gasteiger partial charge < -0.3 is 14.5 Å². The molecule has 24 heavy (non-hydrogen) atoms. The van der Waals surface area contributed by atoms with Crippen LogP contribution >= 0.6 is 11.3 Å². The van der Waals surface area contributed by atoms with Crippen molar-refractivity contribution < 1.29 is 14.3 Å². The maximum absolute atomic E-state index is 12.6. The second-order valence-electron chi connectivity index (χ2n) is 5.89. The van der Waals surface area contributed by atoms with Crippen molar-refractivity contribution in [1.82, 2.24) is 14.8 Å². The number of thiazole rings is 1. The minimum Gasteiger partial charge on any atom is -0.367 e. The standard InChI is InChI=1S/C17H17N3O3S/c21-15(11-20-9-12-3-1-2-4-13(12)17(20)22)19-6-7-23-14(10-19)16-18-5-8-24-16/h1-5,8,14H,6-7,9-11H2. The zero-order valence-electron chi connectivity index (χ0n) is 13.1. The molecule has 0 N–H and O–H groups in total. The van der Waals surface area contributed by atoms with Crippen molar-refractivity contribution in [1.29, 1.82) is 0 Å². The number of hydrogen-bond acceptors (Lipinski definition) is 5. The first-order valence-electron chi connectivity index (χ1n) is 7.88. The Kier molecular flexibility index (Phi) is 4.03. The van der Waals surface area contributed by atoms with Crippen LogP contribution in [0.25, 0.3) is 0 Å². The van der Waals surface area contributed by atoms with Crippen molar-refractivity contribution in [2.24, 2.45) is 0 Å². The topological polar surface area (TPSA) is 62.7 Å². The van der Waals surface area contributed by atoms with Crippen LogP contribution in [0.15, 0.2) is 35.8 Å². The van der Waals surface area contributed by atoms with Gasteiger partial charge in [-0.3, -0.25) is 9.59 Å². The Morgan fingerprint density at radius 2 is 2.25 bits per heavy atom. The molecule has 2 amide bonds. The molecule has 3 heterocycles. The van der Waals surface area contributed by atoms with Gasteiger partial charge in [0.15, 0.2) is 0 Å². The lowest BCUT2D eigenvalue weighted by molar-refractivity contribution is -0.139. The number of nitrogens with zero attached hydrogens (tertiary/aromatic N) is 3. The average molecular weight is 343 g/mol. The van der Waals surface area contributed by atoms with Gasteiger partial charge in [0.05, 0.1) is 13.2 Å². The summed E-state index contributed by atoms with van der Waals surface area (Å²) in [5.74, 6) is -0.107. The van der Waals surface area contributed by atoms with Gasteiger partial charge >= 0.3 is 0 Å². The average Bonchev–Trinajstić information content (AvgIpc) is 3.25.